The lowest BCUT2D eigenvalue weighted by Crippen LogP contribution is -2.19. The molecule has 2 aromatic rings. The molecule has 0 heterocycles. The lowest BCUT2D eigenvalue weighted by atomic mass is 10.1. The van der Waals surface area contributed by atoms with Gasteiger partial charge >= 0.3 is 12.0 Å². The minimum absolute atomic E-state index is 0.215. The summed E-state index contributed by atoms with van der Waals surface area (Å²) in [6.45, 7) is -0.453. The van der Waals surface area contributed by atoms with Crippen LogP contribution in [0.15, 0.2) is 48.5 Å². The van der Waals surface area contributed by atoms with Gasteiger partial charge < -0.3 is 15.8 Å². The molecule has 3 N–H and O–H groups in total. The van der Waals surface area contributed by atoms with Crippen molar-refractivity contribution in [3.8, 4) is 0 Å². The van der Waals surface area contributed by atoms with E-state index >= 15 is 0 Å². The van der Waals surface area contributed by atoms with Gasteiger partial charge in [-0.25, -0.2) is 14.0 Å². The third-order valence-electron chi connectivity index (χ3n) is 2.89. The second-order valence-corrected chi connectivity index (χ2v) is 4.57. The van der Waals surface area contributed by atoms with Gasteiger partial charge in [0.25, 0.3) is 0 Å². The number of amides is 2. The Morgan fingerprint density at radius 1 is 0.957 bits per heavy atom. The second kappa shape index (κ2) is 7.17. The summed E-state index contributed by atoms with van der Waals surface area (Å²) < 4.78 is 17.7. The van der Waals surface area contributed by atoms with Crippen LogP contribution in [-0.2, 0) is 4.74 Å². The number of urea groups is 1. The Morgan fingerprint density at radius 2 is 1.52 bits per heavy atom. The Kier molecular flexibility index (Phi) is 5.03. The van der Waals surface area contributed by atoms with E-state index in [0.29, 0.717) is 5.69 Å². The third kappa shape index (κ3) is 4.63. The number of nitrogens with two attached hydrogens (primary N) is 1. The number of Topliss-reactive ketones (excluding diaryl/α,β-unsaturated/α-hetero) is 1. The first-order valence-electron chi connectivity index (χ1n) is 6.58. The molecule has 0 aromatic heterocycles. The van der Waals surface area contributed by atoms with Crippen LogP contribution in [0.1, 0.15) is 20.7 Å². The van der Waals surface area contributed by atoms with Crippen LogP contribution in [0.2, 0.25) is 0 Å². The third-order valence-corrected chi connectivity index (χ3v) is 2.89. The predicted octanol–water partition coefficient (Wildman–Crippen LogP) is 2.36. The van der Waals surface area contributed by atoms with Crippen LogP contribution >= 0.6 is 0 Å². The Balaban J connectivity index is 1.92. The molecule has 0 spiro atoms. The van der Waals surface area contributed by atoms with Crippen LogP contribution in [0.25, 0.3) is 0 Å². The fourth-order valence-corrected chi connectivity index (χ4v) is 1.77. The zero-order valence-electron chi connectivity index (χ0n) is 11.9. The van der Waals surface area contributed by atoms with Crippen molar-refractivity contribution in [1.29, 1.82) is 0 Å². The number of ketones is 1. The Morgan fingerprint density at radius 3 is 2.09 bits per heavy atom. The van der Waals surface area contributed by atoms with Crippen LogP contribution in [0.4, 0.5) is 14.9 Å². The van der Waals surface area contributed by atoms with Crippen LogP contribution in [0, 0.1) is 5.82 Å². The minimum Gasteiger partial charge on any atom is -0.454 e. The molecule has 7 heteroatoms. The molecule has 23 heavy (non-hydrogen) atoms. The first-order valence-corrected chi connectivity index (χ1v) is 6.58. The summed E-state index contributed by atoms with van der Waals surface area (Å²) in [6.07, 6.45) is 0. The van der Waals surface area contributed by atoms with Crippen LogP contribution < -0.4 is 11.1 Å². The normalized spacial score (nSPS) is 9.96. The Labute approximate surface area is 131 Å². The van der Waals surface area contributed by atoms with E-state index in [1.165, 1.54) is 36.4 Å². The molecule has 0 fully saturated rings. The number of hydrogen-bond acceptors (Lipinski definition) is 4. The Bertz CT molecular complexity index is 727. The van der Waals surface area contributed by atoms with E-state index in [1.54, 1.807) is 0 Å². The molecule has 2 amide bonds. The molecular formula is C16H13FN2O4. The highest BCUT2D eigenvalue weighted by Crippen LogP contribution is 2.11. The smallest absolute Gasteiger partial charge is 0.338 e. The van der Waals surface area contributed by atoms with Gasteiger partial charge in [0.15, 0.2) is 12.4 Å². The van der Waals surface area contributed by atoms with Gasteiger partial charge in [-0.05, 0) is 48.5 Å². The van der Waals surface area contributed by atoms with E-state index in [2.05, 4.69) is 5.32 Å². The number of halogens is 1. The quantitative estimate of drug-likeness (QED) is 0.653. The molecule has 0 atom stereocenters. The van der Waals surface area contributed by atoms with Crippen molar-refractivity contribution >= 4 is 23.5 Å². The zero-order valence-corrected chi connectivity index (χ0v) is 11.9. The predicted molar refractivity (Wildman–Crippen MR) is 80.7 cm³/mol. The molecule has 0 saturated carbocycles. The maximum Gasteiger partial charge on any atom is 0.338 e. The minimum atomic E-state index is -0.717. The molecule has 2 rings (SSSR count). The number of benzene rings is 2. The molecule has 0 saturated heterocycles. The SMILES string of the molecule is NC(=O)Nc1ccc(C(=O)OCC(=O)c2ccc(F)cc2)cc1. The largest absolute Gasteiger partial charge is 0.454 e. The highest BCUT2D eigenvalue weighted by atomic mass is 19.1. The molecule has 118 valence electrons. The molecule has 2 aromatic carbocycles. The summed E-state index contributed by atoms with van der Waals surface area (Å²) in [4.78, 5) is 34.3. The number of esters is 1. The summed E-state index contributed by atoms with van der Waals surface area (Å²) in [7, 11) is 0. The number of ether oxygens (including phenoxy) is 1. The van der Waals surface area contributed by atoms with Crippen molar-refractivity contribution in [3.63, 3.8) is 0 Å². The van der Waals surface area contributed by atoms with E-state index < -0.39 is 30.2 Å². The van der Waals surface area contributed by atoms with E-state index in [-0.39, 0.29) is 11.1 Å². The summed E-state index contributed by atoms with van der Waals surface area (Å²) in [5.41, 5.74) is 5.86. The number of hydrogen-bond donors (Lipinski definition) is 2. The lowest BCUT2D eigenvalue weighted by Gasteiger charge is -2.06. The van der Waals surface area contributed by atoms with E-state index in [0.717, 1.165) is 12.1 Å². The lowest BCUT2D eigenvalue weighted by molar-refractivity contribution is 0.0475. The molecule has 6 nitrogen and oxygen atoms in total. The summed E-state index contributed by atoms with van der Waals surface area (Å²) in [6, 6.07) is 10.0. The van der Waals surface area contributed by atoms with Gasteiger partial charge in [-0.2, -0.15) is 0 Å². The number of anilines is 1. The van der Waals surface area contributed by atoms with Crippen molar-refractivity contribution in [2.45, 2.75) is 0 Å². The number of primary amides is 1. The van der Waals surface area contributed by atoms with Gasteiger partial charge in [-0.15, -0.1) is 0 Å². The molecule has 0 unspecified atom stereocenters. The maximum absolute atomic E-state index is 12.8. The van der Waals surface area contributed by atoms with Crippen molar-refractivity contribution in [3.05, 3.63) is 65.5 Å². The zero-order chi connectivity index (χ0) is 16.8. The summed E-state index contributed by atoms with van der Waals surface area (Å²) in [5.74, 6) is -1.58. The van der Waals surface area contributed by atoms with E-state index in [4.69, 9.17) is 10.5 Å². The van der Waals surface area contributed by atoms with Gasteiger partial charge in [0, 0.05) is 11.3 Å². The van der Waals surface area contributed by atoms with Crippen LogP contribution in [0.5, 0.6) is 0 Å². The van der Waals surface area contributed by atoms with Gasteiger partial charge in [-0.1, -0.05) is 0 Å². The monoisotopic (exact) mass is 316 g/mol. The fourth-order valence-electron chi connectivity index (χ4n) is 1.77. The number of carbonyl (C=O) groups is 3. The highest BCUT2D eigenvalue weighted by Gasteiger charge is 2.12. The molecule has 0 aliphatic heterocycles. The van der Waals surface area contributed by atoms with Crippen LogP contribution in [-0.4, -0.2) is 24.4 Å². The van der Waals surface area contributed by atoms with Gasteiger partial charge in [0.2, 0.25) is 0 Å². The van der Waals surface area contributed by atoms with Crippen molar-refractivity contribution < 1.29 is 23.5 Å². The average Bonchev–Trinajstić information content (AvgIpc) is 2.53. The van der Waals surface area contributed by atoms with Crippen molar-refractivity contribution in [2.24, 2.45) is 5.73 Å². The first kappa shape index (κ1) is 16.2. The Hall–Kier alpha value is -3.22. The standard InChI is InChI=1S/C16H13FN2O4/c17-12-5-1-10(2-6-12)14(20)9-23-15(21)11-3-7-13(8-4-11)19-16(18)22/h1-8H,9H2,(H3,18,19,22). The topological polar surface area (TPSA) is 98.5 Å². The number of rotatable bonds is 5. The maximum atomic E-state index is 12.8. The average molecular weight is 316 g/mol. The van der Waals surface area contributed by atoms with Gasteiger partial charge in [0.1, 0.15) is 5.82 Å². The summed E-state index contributed by atoms with van der Waals surface area (Å²) >= 11 is 0. The molecule has 0 radical (unpaired) electrons. The first-order chi connectivity index (χ1) is 11.0. The van der Waals surface area contributed by atoms with Crippen molar-refractivity contribution in [1.82, 2.24) is 0 Å². The van der Waals surface area contributed by atoms with Gasteiger partial charge in [0.05, 0.1) is 5.56 Å². The number of nitrogens with one attached hydrogen (secondary N) is 1. The van der Waals surface area contributed by atoms with Gasteiger partial charge in [-0.3, -0.25) is 4.79 Å². The second-order valence-electron chi connectivity index (χ2n) is 4.57. The summed E-state index contributed by atoms with van der Waals surface area (Å²) in [5, 5.41) is 2.35. The molecule has 0 aliphatic carbocycles. The molecule has 0 aliphatic rings. The van der Waals surface area contributed by atoms with Crippen molar-refractivity contribution in [2.75, 3.05) is 11.9 Å². The highest BCUT2D eigenvalue weighted by molar-refractivity contribution is 5.99. The van der Waals surface area contributed by atoms with Crippen LogP contribution in [0.3, 0.4) is 0 Å². The molecular weight excluding hydrogens is 303 g/mol. The molecule has 0 bridgehead atoms. The van der Waals surface area contributed by atoms with E-state index in [1.807, 2.05) is 0 Å². The fraction of sp³-hybridized carbons (Fsp3) is 0.0625. The van der Waals surface area contributed by atoms with E-state index in [9.17, 15) is 18.8 Å². The number of carbonyl (C=O) groups excluding carboxylic acids is 3.